The summed E-state index contributed by atoms with van der Waals surface area (Å²) in [5.74, 6) is 0.843. The summed E-state index contributed by atoms with van der Waals surface area (Å²) in [4.78, 5) is 35.2. The maximum Gasteiger partial charge on any atom is 0.325 e. The zero-order chi connectivity index (χ0) is 26.2. The average Bonchev–Trinajstić information content (AvgIpc) is 2.88. The van der Waals surface area contributed by atoms with Gasteiger partial charge in [0.2, 0.25) is 5.91 Å². The Morgan fingerprint density at radius 1 is 0.917 bits per heavy atom. The Labute approximate surface area is 215 Å². The molecule has 2 N–H and O–H groups in total. The fraction of sp³-hybridized carbons (Fsp3) is 0.483. The minimum atomic E-state index is -0.455. The molecule has 0 aliphatic heterocycles. The number of hydrogen-bond donors (Lipinski definition) is 2. The molecule has 0 saturated carbocycles. The highest BCUT2D eigenvalue weighted by molar-refractivity contribution is 5.94. The van der Waals surface area contributed by atoms with Gasteiger partial charge in [0.1, 0.15) is 12.3 Å². The number of benzene rings is 2. The maximum absolute atomic E-state index is 12.2. The van der Waals surface area contributed by atoms with Crippen LogP contribution in [0.4, 0.5) is 0 Å². The lowest BCUT2D eigenvalue weighted by molar-refractivity contribution is -0.141. The number of carbonyl (C=O) groups excluding carboxylic acids is 3. The first-order valence-corrected chi connectivity index (χ1v) is 12.8. The second-order valence-electron chi connectivity index (χ2n) is 9.26. The van der Waals surface area contributed by atoms with Crippen LogP contribution in [0.15, 0.2) is 48.5 Å². The maximum atomic E-state index is 12.2. The molecule has 0 radical (unpaired) electrons. The van der Waals surface area contributed by atoms with E-state index in [1.165, 1.54) is 12.7 Å². The van der Waals surface area contributed by atoms with Gasteiger partial charge in [-0.3, -0.25) is 14.4 Å². The van der Waals surface area contributed by atoms with Crippen LogP contribution in [0.5, 0.6) is 5.75 Å². The molecule has 2 amide bonds. The second-order valence-corrected chi connectivity index (χ2v) is 9.26. The third-order valence-corrected chi connectivity index (χ3v) is 5.78. The molecule has 0 aliphatic carbocycles. The Morgan fingerprint density at radius 2 is 1.69 bits per heavy atom. The van der Waals surface area contributed by atoms with Gasteiger partial charge in [0.05, 0.1) is 13.7 Å². The van der Waals surface area contributed by atoms with Crippen molar-refractivity contribution in [3.05, 3.63) is 65.2 Å². The Balaban J connectivity index is 1.83. The van der Waals surface area contributed by atoms with Crippen molar-refractivity contribution < 1.29 is 23.9 Å². The SMILES string of the molecule is COC(=O)CNC(=O)CCCc1ccc(OCCCNC(=O)c2ccccc2)c(CCCC(C)C)c1. The van der Waals surface area contributed by atoms with E-state index in [2.05, 4.69) is 35.3 Å². The predicted octanol–water partition coefficient (Wildman–Crippen LogP) is 4.48. The molecule has 2 rings (SSSR count). The summed E-state index contributed by atoms with van der Waals surface area (Å²) in [5.41, 5.74) is 3.00. The van der Waals surface area contributed by atoms with Crippen LogP contribution >= 0.6 is 0 Å². The number of ether oxygens (including phenoxy) is 2. The van der Waals surface area contributed by atoms with Gasteiger partial charge < -0.3 is 20.1 Å². The van der Waals surface area contributed by atoms with Gasteiger partial charge in [-0.15, -0.1) is 0 Å². The Morgan fingerprint density at radius 3 is 2.42 bits per heavy atom. The number of amides is 2. The van der Waals surface area contributed by atoms with E-state index in [1.54, 1.807) is 12.1 Å². The van der Waals surface area contributed by atoms with Crippen molar-refractivity contribution in [3.63, 3.8) is 0 Å². The Kier molecular flexibility index (Phi) is 13.1. The van der Waals surface area contributed by atoms with E-state index >= 15 is 0 Å². The molecule has 36 heavy (non-hydrogen) atoms. The summed E-state index contributed by atoms with van der Waals surface area (Å²) >= 11 is 0. The van der Waals surface area contributed by atoms with Gasteiger partial charge in [-0.2, -0.15) is 0 Å². The van der Waals surface area contributed by atoms with E-state index in [0.29, 0.717) is 43.9 Å². The molecule has 0 aromatic heterocycles. The van der Waals surface area contributed by atoms with Crippen molar-refractivity contribution in [1.82, 2.24) is 10.6 Å². The zero-order valence-electron chi connectivity index (χ0n) is 21.8. The first kappa shape index (κ1) is 28.9. The number of nitrogens with one attached hydrogen (secondary N) is 2. The molecular weight excluding hydrogens is 456 g/mol. The van der Waals surface area contributed by atoms with Gasteiger partial charge in [0.25, 0.3) is 5.91 Å². The molecule has 2 aromatic rings. The Bertz CT molecular complexity index is 959. The van der Waals surface area contributed by atoms with Crippen molar-refractivity contribution >= 4 is 17.8 Å². The summed E-state index contributed by atoms with van der Waals surface area (Å²) in [6, 6.07) is 15.4. The molecule has 0 aliphatic rings. The first-order valence-electron chi connectivity index (χ1n) is 12.8. The lowest BCUT2D eigenvalue weighted by atomic mass is 9.98. The smallest absolute Gasteiger partial charge is 0.325 e. The number of methoxy groups -OCH3 is 1. The molecule has 7 heteroatoms. The monoisotopic (exact) mass is 496 g/mol. The average molecular weight is 497 g/mol. The van der Waals surface area contributed by atoms with Gasteiger partial charge in [0.15, 0.2) is 0 Å². The molecule has 0 atom stereocenters. The fourth-order valence-electron chi connectivity index (χ4n) is 3.76. The van der Waals surface area contributed by atoms with E-state index in [0.717, 1.165) is 37.0 Å². The quantitative estimate of drug-likeness (QED) is 0.264. The highest BCUT2D eigenvalue weighted by Gasteiger charge is 2.09. The number of hydrogen-bond acceptors (Lipinski definition) is 5. The summed E-state index contributed by atoms with van der Waals surface area (Å²) in [6.07, 6.45) is 5.70. The molecule has 2 aromatic carbocycles. The highest BCUT2D eigenvalue weighted by atomic mass is 16.5. The van der Waals surface area contributed by atoms with Crippen LogP contribution in [0.1, 0.15) is 67.4 Å². The van der Waals surface area contributed by atoms with Crippen LogP contribution in [0.25, 0.3) is 0 Å². The van der Waals surface area contributed by atoms with Gasteiger partial charge in [0, 0.05) is 18.5 Å². The van der Waals surface area contributed by atoms with E-state index in [1.807, 2.05) is 30.3 Å². The third kappa shape index (κ3) is 11.4. The van der Waals surface area contributed by atoms with Crippen LogP contribution in [-0.4, -0.2) is 44.6 Å². The minimum Gasteiger partial charge on any atom is -0.493 e. The fourth-order valence-corrected chi connectivity index (χ4v) is 3.76. The normalized spacial score (nSPS) is 10.7. The number of rotatable bonds is 16. The molecule has 7 nitrogen and oxygen atoms in total. The summed E-state index contributed by atoms with van der Waals surface area (Å²) in [6.45, 7) is 5.42. The molecule has 0 bridgehead atoms. The minimum absolute atomic E-state index is 0.0756. The van der Waals surface area contributed by atoms with E-state index in [9.17, 15) is 14.4 Å². The predicted molar refractivity (Wildman–Crippen MR) is 141 cm³/mol. The van der Waals surface area contributed by atoms with E-state index < -0.39 is 5.97 Å². The lowest BCUT2D eigenvalue weighted by Gasteiger charge is -2.14. The van der Waals surface area contributed by atoms with Crippen molar-refractivity contribution in [2.24, 2.45) is 5.92 Å². The molecule has 0 heterocycles. The summed E-state index contributed by atoms with van der Waals surface area (Å²) in [5, 5.41) is 5.50. The topological polar surface area (TPSA) is 93.7 Å². The zero-order valence-corrected chi connectivity index (χ0v) is 21.8. The molecule has 0 unspecified atom stereocenters. The molecule has 0 spiro atoms. The largest absolute Gasteiger partial charge is 0.493 e. The number of aryl methyl sites for hydroxylation is 2. The highest BCUT2D eigenvalue weighted by Crippen LogP contribution is 2.24. The van der Waals surface area contributed by atoms with Crippen LogP contribution in [0, 0.1) is 5.92 Å². The van der Waals surface area contributed by atoms with Crippen LogP contribution in [0.2, 0.25) is 0 Å². The van der Waals surface area contributed by atoms with Crippen molar-refractivity contribution in [1.29, 1.82) is 0 Å². The second kappa shape index (κ2) is 16.3. The van der Waals surface area contributed by atoms with Gasteiger partial charge in [-0.05, 0) is 67.3 Å². The van der Waals surface area contributed by atoms with Crippen molar-refractivity contribution in [2.45, 2.75) is 58.8 Å². The lowest BCUT2D eigenvalue weighted by Crippen LogP contribution is -2.29. The Hall–Kier alpha value is -3.35. The molecule has 0 fully saturated rings. The third-order valence-electron chi connectivity index (χ3n) is 5.78. The number of carbonyl (C=O) groups is 3. The van der Waals surface area contributed by atoms with Crippen LogP contribution in [0.3, 0.4) is 0 Å². The van der Waals surface area contributed by atoms with Gasteiger partial charge >= 0.3 is 5.97 Å². The first-order chi connectivity index (χ1) is 17.4. The van der Waals surface area contributed by atoms with E-state index in [4.69, 9.17) is 4.74 Å². The molecule has 0 saturated heterocycles. The summed E-state index contributed by atoms with van der Waals surface area (Å²) in [7, 11) is 1.30. The van der Waals surface area contributed by atoms with Gasteiger partial charge in [-0.1, -0.05) is 50.6 Å². The number of esters is 1. The van der Waals surface area contributed by atoms with E-state index in [-0.39, 0.29) is 18.4 Å². The van der Waals surface area contributed by atoms with Crippen molar-refractivity contribution in [2.75, 3.05) is 26.8 Å². The molecule has 196 valence electrons. The summed E-state index contributed by atoms with van der Waals surface area (Å²) < 4.78 is 10.6. The standard InChI is InChI=1S/C29H40N2O5/c1-22(2)10-7-14-25-20-23(11-8-15-27(32)31-21-28(33)35-3)16-17-26(25)36-19-9-18-30-29(34)24-12-5-4-6-13-24/h4-6,12-13,16-17,20,22H,7-11,14-15,18-19,21H2,1-3H3,(H,30,34)(H,31,32). The van der Waals surface area contributed by atoms with Crippen LogP contribution in [-0.2, 0) is 27.2 Å². The van der Waals surface area contributed by atoms with Gasteiger partial charge in [-0.25, -0.2) is 0 Å². The van der Waals surface area contributed by atoms with Crippen LogP contribution < -0.4 is 15.4 Å². The molecular formula is C29H40N2O5. The van der Waals surface area contributed by atoms with Crippen molar-refractivity contribution in [3.8, 4) is 5.75 Å².